The molecule has 0 radical (unpaired) electrons. The number of ether oxygens (including phenoxy) is 5. The molecule has 4 aliphatic heterocycles. The lowest BCUT2D eigenvalue weighted by Crippen LogP contribution is -2.60. The van der Waals surface area contributed by atoms with Crippen molar-refractivity contribution in [1.82, 2.24) is 9.88 Å². The lowest BCUT2D eigenvalue weighted by molar-refractivity contribution is -0.296. The molecule has 1 aromatic heterocycles. The summed E-state index contributed by atoms with van der Waals surface area (Å²) in [5.74, 6) is -5.44. The van der Waals surface area contributed by atoms with E-state index < -0.39 is 89.3 Å². The number of esters is 1. The van der Waals surface area contributed by atoms with E-state index >= 15 is 0 Å². The first-order chi connectivity index (χ1) is 27.8. The molecule has 0 aliphatic carbocycles. The normalized spacial score (nSPS) is 40.0. The summed E-state index contributed by atoms with van der Waals surface area (Å²) in [5, 5.41) is 29.4. The maximum absolute atomic E-state index is 14.5. The minimum atomic E-state index is -1.83. The van der Waals surface area contributed by atoms with E-state index in [4.69, 9.17) is 33.5 Å². The Bertz CT molecular complexity index is 1920. The van der Waals surface area contributed by atoms with Crippen molar-refractivity contribution in [2.24, 2.45) is 33.8 Å². The van der Waals surface area contributed by atoms with E-state index in [2.05, 4.69) is 10.1 Å². The number of rotatable bonds is 6. The van der Waals surface area contributed by atoms with Crippen molar-refractivity contribution >= 4 is 40.0 Å². The standard InChI is InChI=1S/C44H62N4O11/c1-11-34-44(8,53)39-25(4)35-23(2)19-43(7,38(26(5)36(49)27(6)41(52)57-34)58-42-37(50)32(48(9)10)16-24(3)56-42)55-22-30(21-54-39)47-59-33(40(51)46-35)18-28-17-29-14-12-13-15-31(29)45-20-28/h12-15,17,20,23-27,32-34,37-39,42,50,53H,11,16,18-19,21-22H2,1-10H3/b46-35?,47-30-/t23-,24-,25+,26+,27-,32+,33?,34-,37-,38-,39-,42+,43-,44-/m1/s1. The summed E-state index contributed by atoms with van der Waals surface area (Å²) in [4.78, 5) is 60.2. The molecule has 1 unspecified atom stereocenters. The second-order valence-electron chi connectivity index (χ2n) is 17.7. The fraction of sp³-hybridized carbons (Fsp3) is 0.682. The number of nitrogens with zero attached hydrogens (tertiary/aromatic N) is 4. The maximum atomic E-state index is 14.5. The number of benzene rings is 1. The van der Waals surface area contributed by atoms with Crippen LogP contribution in [0.3, 0.4) is 0 Å². The molecule has 15 heteroatoms. The zero-order chi connectivity index (χ0) is 43.0. The molecule has 6 rings (SSSR count). The van der Waals surface area contributed by atoms with Gasteiger partial charge >= 0.3 is 5.97 Å². The number of Topliss-reactive ketones (excluding diaryl/α,β-unsaturated/α-hetero) is 1. The van der Waals surface area contributed by atoms with Gasteiger partial charge in [-0.25, -0.2) is 4.99 Å². The van der Waals surface area contributed by atoms with E-state index in [9.17, 15) is 24.6 Å². The SMILES string of the molecule is CC[C@H]1OC(=O)[C@H](C)C(=O)[C@H](C)[C@@H](O[C@@H]2O[C@H](C)C[C@H](N(C)C)[C@H]2O)[C@@]2(C)C[C@@H](C)C3=NC(=O)C(Cc4cnc5ccccc5c4)O/N=C(/CO[C@H]([C@H]3C)[C@]1(C)O)CO2. The highest BCUT2D eigenvalue weighted by atomic mass is 16.7. The fourth-order valence-corrected chi connectivity index (χ4v) is 9.37. The second-order valence-corrected chi connectivity index (χ2v) is 17.7. The van der Waals surface area contributed by atoms with Crippen LogP contribution in [0.5, 0.6) is 0 Å². The van der Waals surface area contributed by atoms with Crippen molar-refractivity contribution < 1.29 is 53.1 Å². The molecule has 2 N–H and O–H groups in total. The average molecular weight is 823 g/mol. The summed E-state index contributed by atoms with van der Waals surface area (Å²) < 4.78 is 32.4. The Kier molecular flexibility index (Phi) is 13.8. The lowest BCUT2D eigenvalue weighted by atomic mass is 9.73. The van der Waals surface area contributed by atoms with Gasteiger partial charge in [-0.3, -0.25) is 19.4 Å². The number of amides is 1. The Hall–Kier alpha value is -3.70. The van der Waals surface area contributed by atoms with Gasteiger partial charge in [-0.15, -0.1) is 0 Å². The average Bonchev–Trinajstić information content (AvgIpc) is 3.22. The van der Waals surface area contributed by atoms with Crippen LogP contribution in [0.4, 0.5) is 0 Å². The third-order valence-corrected chi connectivity index (χ3v) is 12.7. The molecular formula is C44H62N4O11. The number of aliphatic imine (C=N–C) groups is 1. The highest BCUT2D eigenvalue weighted by Gasteiger charge is 2.53. The molecule has 3 fully saturated rings. The summed E-state index contributed by atoms with van der Waals surface area (Å²) in [6, 6.07) is 9.32. The number of hydrogen-bond acceptors (Lipinski definition) is 14. The van der Waals surface area contributed by atoms with Crippen molar-refractivity contribution in [1.29, 1.82) is 0 Å². The number of pyridine rings is 1. The molecule has 4 bridgehead atoms. The van der Waals surface area contributed by atoms with Gasteiger partial charge in [0.05, 0.1) is 42.6 Å². The van der Waals surface area contributed by atoms with Crippen LogP contribution >= 0.6 is 0 Å². The summed E-state index contributed by atoms with van der Waals surface area (Å²) in [6.07, 6.45) is -4.31. The van der Waals surface area contributed by atoms with Crippen LogP contribution in [0.25, 0.3) is 10.9 Å². The monoisotopic (exact) mass is 822 g/mol. The lowest BCUT2D eigenvalue weighted by Gasteiger charge is -2.47. The largest absolute Gasteiger partial charge is 0.459 e. The van der Waals surface area contributed by atoms with Gasteiger partial charge in [0.25, 0.3) is 5.91 Å². The number of oxime groups is 1. The first-order valence-corrected chi connectivity index (χ1v) is 20.9. The predicted octanol–water partition coefficient (Wildman–Crippen LogP) is 4.08. The van der Waals surface area contributed by atoms with Gasteiger partial charge < -0.3 is 43.6 Å². The molecule has 324 valence electrons. The minimum absolute atomic E-state index is 0.116. The molecule has 0 spiro atoms. The van der Waals surface area contributed by atoms with E-state index in [1.54, 1.807) is 27.0 Å². The number of aromatic nitrogens is 1. The quantitative estimate of drug-likeness (QED) is 0.314. The van der Waals surface area contributed by atoms with Crippen LogP contribution in [0, 0.1) is 23.7 Å². The highest BCUT2D eigenvalue weighted by Crippen LogP contribution is 2.40. The van der Waals surface area contributed by atoms with Gasteiger partial charge in [-0.1, -0.05) is 51.0 Å². The number of carbonyl (C=O) groups excluding carboxylic acids is 3. The van der Waals surface area contributed by atoms with Crippen molar-refractivity contribution in [2.75, 3.05) is 27.3 Å². The number of likely N-dealkylation sites (N-methyl/N-ethyl adjacent to an activating group) is 1. The molecule has 2 aromatic rings. The van der Waals surface area contributed by atoms with E-state index in [1.807, 2.05) is 70.1 Å². The van der Waals surface area contributed by atoms with Crippen LogP contribution in [-0.4, -0.2) is 137 Å². The minimum Gasteiger partial charge on any atom is -0.459 e. The van der Waals surface area contributed by atoms with Crippen LogP contribution in [-0.2, 0) is 49.3 Å². The zero-order valence-corrected chi connectivity index (χ0v) is 36.0. The molecule has 3 saturated heterocycles. The molecule has 15 nitrogen and oxygen atoms in total. The van der Waals surface area contributed by atoms with E-state index in [-0.39, 0.29) is 50.3 Å². The Morgan fingerprint density at radius 1 is 1.02 bits per heavy atom. The number of ketones is 1. The molecule has 4 aliphatic rings. The Morgan fingerprint density at radius 2 is 1.75 bits per heavy atom. The maximum Gasteiger partial charge on any atom is 0.316 e. The molecular weight excluding hydrogens is 761 g/mol. The van der Waals surface area contributed by atoms with E-state index in [0.717, 1.165) is 16.5 Å². The third-order valence-electron chi connectivity index (χ3n) is 12.7. The fourth-order valence-electron chi connectivity index (χ4n) is 9.37. The van der Waals surface area contributed by atoms with Gasteiger partial charge in [-0.2, -0.15) is 0 Å². The number of para-hydroxylation sites is 1. The zero-order valence-electron chi connectivity index (χ0n) is 36.0. The molecule has 14 atom stereocenters. The van der Waals surface area contributed by atoms with Crippen molar-refractivity contribution in [3.8, 4) is 0 Å². The Morgan fingerprint density at radius 3 is 2.46 bits per heavy atom. The van der Waals surface area contributed by atoms with Crippen molar-refractivity contribution in [3.05, 3.63) is 42.1 Å². The molecule has 1 amide bonds. The van der Waals surface area contributed by atoms with Crippen LogP contribution < -0.4 is 0 Å². The number of aliphatic hydroxyl groups is 2. The Labute approximate surface area is 346 Å². The predicted molar refractivity (Wildman–Crippen MR) is 219 cm³/mol. The summed E-state index contributed by atoms with van der Waals surface area (Å²) >= 11 is 0. The van der Waals surface area contributed by atoms with Gasteiger partial charge in [-0.05, 0) is 84.7 Å². The number of carbonyl (C=O) groups is 3. The van der Waals surface area contributed by atoms with Crippen molar-refractivity contribution in [3.63, 3.8) is 0 Å². The molecule has 1 aromatic carbocycles. The van der Waals surface area contributed by atoms with Crippen LogP contribution in [0.15, 0.2) is 46.7 Å². The third kappa shape index (κ3) is 9.46. The Balaban J connectivity index is 1.50. The van der Waals surface area contributed by atoms with Gasteiger partial charge in [0, 0.05) is 41.6 Å². The van der Waals surface area contributed by atoms with Gasteiger partial charge in [0.15, 0.2) is 12.1 Å². The first kappa shape index (κ1) is 44.8. The summed E-state index contributed by atoms with van der Waals surface area (Å²) in [6.45, 7) is 13.5. The topological polar surface area (TPSA) is 188 Å². The van der Waals surface area contributed by atoms with Crippen molar-refractivity contribution in [2.45, 2.75) is 141 Å². The smallest absolute Gasteiger partial charge is 0.316 e. The number of cyclic esters (lactones) is 1. The van der Waals surface area contributed by atoms with Crippen LogP contribution in [0.1, 0.15) is 80.2 Å². The first-order valence-electron chi connectivity index (χ1n) is 20.9. The van der Waals surface area contributed by atoms with Crippen LogP contribution in [0.2, 0.25) is 0 Å². The second kappa shape index (κ2) is 18.1. The number of fused-ring (bicyclic) bond motifs is 5. The van der Waals surface area contributed by atoms with E-state index in [1.165, 1.54) is 13.8 Å². The molecule has 59 heavy (non-hydrogen) atoms. The number of hydrogen-bond donors (Lipinski definition) is 2. The summed E-state index contributed by atoms with van der Waals surface area (Å²) in [7, 11) is 3.74. The van der Waals surface area contributed by atoms with Gasteiger partial charge in [0.2, 0.25) is 6.10 Å². The molecule has 5 heterocycles. The summed E-state index contributed by atoms with van der Waals surface area (Å²) in [5.41, 5.74) is -1.02. The number of aliphatic hydroxyl groups excluding tert-OH is 1. The highest BCUT2D eigenvalue weighted by molar-refractivity contribution is 6.01. The molecule has 0 saturated carbocycles. The van der Waals surface area contributed by atoms with Gasteiger partial charge in [0.1, 0.15) is 29.4 Å². The van der Waals surface area contributed by atoms with E-state index in [0.29, 0.717) is 12.1 Å².